The van der Waals surface area contributed by atoms with Crippen LogP contribution >= 0.6 is 11.3 Å². The van der Waals surface area contributed by atoms with E-state index in [1.54, 1.807) is 24.3 Å². The van der Waals surface area contributed by atoms with Gasteiger partial charge in [0.2, 0.25) is 0 Å². The molecule has 0 atom stereocenters. The first-order valence-corrected chi connectivity index (χ1v) is 8.59. The molecule has 0 aliphatic rings. The molecule has 1 heterocycles. The number of carboxylic acids is 1. The summed E-state index contributed by atoms with van der Waals surface area (Å²) in [7, 11) is 0. The summed E-state index contributed by atoms with van der Waals surface area (Å²) >= 11 is 1.51. The van der Waals surface area contributed by atoms with Crippen molar-refractivity contribution in [3.05, 3.63) is 81.3 Å². The van der Waals surface area contributed by atoms with E-state index >= 15 is 0 Å². The molecule has 0 fully saturated rings. The van der Waals surface area contributed by atoms with Gasteiger partial charge in [0.05, 0.1) is 22.2 Å². The first-order chi connectivity index (χ1) is 12.5. The van der Waals surface area contributed by atoms with Gasteiger partial charge in [0.15, 0.2) is 5.76 Å². The Morgan fingerprint density at radius 1 is 1.19 bits per heavy atom. The number of thiazole rings is 1. The fourth-order valence-corrected chi connectivity index (χ4v) is 2.83. The predicted molar refractivity (Wildman–Crippen MR) is 99.9 cm³/mol. The molecular formula is C20H14N2O3S. The van der Waals surface area contributed by atoms with E-state index in [-0.39, 0.29) is 5.56 Å². The summed E-state index contributed by atoms with van der Waals surface area (Å²) in [6.07, 6.45) is 1.83. The summed E-state index contributed by atoms with van der Waals surface area (Å²) in [6, 6.07) is 15.4. The first-order valence-electron chi connectivity index (χ1n) is 7.71. The molecule has 0 bridgehead atoms. The quantitative estimate of drug-likeness (QED) is 0.671. The van der Waals surface area contributed by atoms with Gasteiger partial charge in [-0.05, 0) is 55.0 Å². The minimum atomic E-state index is -0.986. The minimum absolute atomic E-state index is 0.194. The zero-order chi connectivity index (χ0) is 18.5. The average molecular weight is 362 g/mol. The number of ether oxygens (including phenoxy) is 1. The van der Waals surface area contributed by atoms with Crippen LogP contribution in [-0.2, 0) is 0 Å². The second kappa shape index (κ2) is 7.64. The molecule has 6 heteroatoms. The van der Waals surface area contributed by atoms with E-state index in [1.807, 2.05) is 30.5 Å². The Balaban J connectivity index is 1.94. The third kappa shape index (κ3) is 4.15. The molecule has 0 radical (unpaired) electrons. The number of carboxylic acid groups (broad SMARTS) is 1. The van der Waals surface area contributed by atoms with E-state index < -0.39 is 5.97 Å². The average Bonchev–Trinajstić information content (AvgIpc) is 3.08. The predicted octanol–water partition coefficient (Wildman–Crippen LogP) is 4.60. The summed E-state index contributed by atoms with van der Waals surface area (Å²) in [6.45, 7) is 1.91. The lowest BCUT2D eigenvalue weighted by Crippen LogP contribution is -1.98. The van der Waals surface area contributed by atoms with E-state index in [0.717, 1.165) is 10.6 Å². The molecule has 2 aromatic carbocycles. The second-order valence-corrected chi connectivity index (χ2v) is 6.49. The fraction of sp³-hybridized carbons (Fsp3) is 0.0500. The molecule has 0 aliphatic heterocycles. The van der Waals surface area contributed by atoms with Gasteiger partial charge in [0.1, 0.15) is 11.4 Å². The Morgan fingerprint density at radius 2 is 1.88 bits per heavy atom. The number of hydrogen-bond acceptors (Lipinski definition) is 5. The van der Waals surface area contributed by atoms with Gasteiger partial charge < -0.3 is 9.84 Å². The highest BCUT2D eigenvalue weighted by Gasteiger charge is 2.10. The monoisotopic (exact) mass is 362 g/mol. The van der Waals surface area contributed by atoms with Crippen LogP contribution in [0.2, 0.25) is 0 Å². The van der Waals surface area contributed by atoms with Crippen LogP contribution in [0, 0.1) is 18.3 Å². The highest BCUT2D eigenvalue weighted by atomic mass is 32.1. The number of aryl methyl sites for hydroxylation is 1. The van der Waals surface area contributed by atoms with E-state index in [1.165, 1.54) is 23.5 Å². The van der Waals surface area contributed by atoms with Crippen LogP contribution in [0.15, 0.2) is 53.9 Å². The number of nitriles is 1. The molecule has 3 aromatic rings. The molecule has 128 valence electrons. The summed E-state index contributed by atoms with van der Waals surface area (Å²) in [5.74, 6) is 0.0719. The summed E-state index contributed by atoms with van der Waals surface area (Å²) in [4.78, 5) is 15.4. The van der Waals surface area contributed by atoms with Crippen molar-refractivity contribution in [3.8, 4) is 11.8 Å². The van der Waals surface area contributed by atoms with Crippen molar-refractivity contribution in [1.82, 2.24) is 4.98 Å². The molecule has 0 saturated carbocycles. The Morgan fingerprint density at radius 3 is 2.42 bits per heavy atom. The van der Waals surface area contributed by atoms with Crippen molar-refractivity contribution in [2.45, 2.75) is 6.92 Å². The Kier molecular flexibility index (Phi) is 5.11. The van der Waals surface area contributed by atoms with Gasteiger partial charge in [-0.2, -0.15) is 5.26 Å². The van der Waals surface area contributed by atoms with Crippen molar-refractivity contribution in [2.75, 3.05) is 0 Å². The minimum Gasteiger partial charge on any atom is -0.478 e. The smallest absolute Gasteiger partial charge is 0.335 e. The first kappa shape index (κ1) is 17.4. The van der Waals surface area contributed by atoms with Crippen molar-refractivity contribution < 1.29 is 14.6 Å². The standard InChI is InChI=1S/C20H14N2O3S/c1-13-22-18(12-26-13)19(10-14-2-4-15(11-21)5-3-14)25-17-8-6-16(7-9-17)20(23)24/h2-10,12H,1H3,(H,23,24)/b19-10-. The zero-order valence-electron chi connectivity index (χ0n) is 13.8. The molecule has 0 unspecified atom stereocenters. The molecule has 0 spiro atoms. The maximum atomic E-state index is 11.0. The van der Waals surface area contributed by atoms with E-state index in [0.29, 0.717) is 22.8 Å². The van der Waals surface area contributed by atoms with Gasteiger partial charge in [0, 0.05) is 5.38 Å². The van der Waals surface area contributed by atoms with Crippen LogP contribution in [0.4, 0.5) is 0 Å². The van der Waals surface area contributed by atoms with Gasteiger partial charge in [-0.1, -0.05) is 12.1 Å². The summed E-state index contributed by atoms with van der Waals surface area (Å²) in [5, 5.41) is 20.7. The van der Waals surface area contributed by atoms with Gasteiger partial charge >= 0.3 is 5.97 Å². The zero-order valence-corrected chi connectivity index (χ0v) is 14.7. The van der Waals surface area contributed by atoms with Gasteiger partial charge in [-0.25, -0.2) is 9.78 Å². The molecular weight excluding hydrogens is 348 g/mol. The number of nitrogens with zero attached hydrogens (tertiary/aromatic N) is 2. The van der Waals surface area contributed by atoms with Crippen molar-refractivity contribution >= 4 is 29.1 Å². The highest BCUT2D eigenvalue weighted by molar-refractivity contribution is 7.09. The number of benzene rings is 2. The third-order valence-corrected chi connectivity index (χ3v) is 4.31. The van der Waals surface area contributed by atoms with Crippen LogP contribution in [0.1, 0.15) is 32.2 Å². The largest absolute Gasteiger partial charge is 0.478 e. The van der Waals surface area contributed by atoms with Crippen molar-refractivity contribution in [3.63, 3.8) is 0 Å². The lowest BCUT2D eigenvalue weighted by atomic mass is 10.1. The molecule has 0 aliphatic carbocycles. The highest BCUT2D eigenvalue weighted by Crippen LogP contribution is 2.25. The lowest BCUT2D eigenvalue weighted by molar-refractivity contribution is 0.0697. The second-order valence-electron chi connectivity index (χ2n) is 5.43. The van der Waals surface area contributed by atoms with Crippen LogP contribution in [0.25, 0.3) is 11.8 Å². The third-order valence-electron chi connectivity index (χ3n) is 3.54. The van der Waals surface area contributed by atoms with E-state index in [2.05, 4.69) is 11.1 Å². The molecule has 5 nitrogen and oxygen atoms in total. The van der Waals surface area contributed by atoms with E-state index in [9.17, 15) is 4.79 Å². The Labute approximate surface area is 154 Å². The Bertz CT molecular complexity index is 997. The van der Waals surface area contributed by atoms with Crippen LogP contribution in [0.3, 0.4) is 0 Å². The lowest BCUT2D eigenvalue weighted by Gasteiger charge is -2.09. The summed E-state index contributed by atoms with van der Waals surface area (Å²) in [5.41, 5.74) is 2.34. The number of aromatic carboxylic acids is 1. The molecule has 3 rings (SSSR count). The Hall–Kier alpha value is -3.43. The SMILES string of the molecule is Cc1nc(/C(=C/c2ccc(C#N)cc2)Oc2ccc(C(=O)O)cc2)cs1. The van der Waals surface area contributed by atoms with Crippen LogP contribution < -0.4 is 4.74 Å². The number of rotatable bonds is 5. The van der Waals surface area contributed by atoms with Gasteiger partial charge in [-0.15, -0.1) is 11.3 Å². The molecule has 26 heavy (non-hydrogen) atoms. The summed E-state index contributed by atoms with van der Waals surface area (Å²) < 4.78 is 5.96. The van der Waals surface area contributed by atoms with Crippen LogP contribution in [0.5, 0.6) is 5.75 Å². The van der Waals surface area contributed by atoms with Crippen molar-refractivity contribution in [2.24, 2.45) is 0 Å². The number of hydrogen-bond donors (Lipinski definition) is 1. The molecule has 0 saturated heterocycles. The number of carbonyl (C=O) groups is 1. The maximum absolute atomic E-state index is 11.0. The molecule has 1 aromatic heterocycles. The molecule has 1 N–H and O–H groups in total. The fourth-order valence-electron chi connectivity index (χ4n) is 2.23. The van der Waals surface area contributed by atoms with Crippen molar-refractivity contribution in [1.29, 1.82) is 5.26 Å². The topological polar surface area (TPSA) is 83.2 Å². The van der Waals surface area contributed by atoms with Gasteiger partial charge in [0.25, 0.3) is 0 Å². The van der Waals surface area contributed by atoms with Crippen LogP contribution in [-0.4, -0.2) is 16.1 Å². The van der Waals surface area contributed by atoms with E-state index in [4.69, 9.17) is 15.1 Å². The molecule has 0 amide bonds. The maximum Gasteiger partial charge on any atom is 0.335 e. The normalized spacial score (nSPS) is 11.0. The van der Waals surface area contributed by atoms with Gasteiger partial charge in [-0.3, -0.25) is 0 Å². The number of aromatic nitrogens is 1.